The lowest BCUT2D eigenvalue weighted by molar-refractivity contribution is 0.152. The van der Waals surface area contributed by atoms with Crippen LogP contribution in [0.15, 0.2) is 0 Å². The van der Waals surface area contributed by atoms with E-state index < -0.39 is 0 Å². The molecule has 1 N–H and O–H groups in total. The zero-order valence-electron chi connectivity index (χ0n) is 10.6. The van der Waals surface area contributed by atoms with Crippen LogP contribution >= 0.6 is 0 Å². The Balaban J connectivity index is 1.70. The second kappa shape index (κ2) is 4.59. The third kappa shape index (κ3) is 2.09. The first-order chi connectivity index (χ1) is 8.32. The van der Waals surface area contributed by atoms with E-state index in [4.69, 9.17) is 0 Å². The minimum atomic E-state index is -0.199. The summed E-state index contributed by atoms with van der Waals surface area (Å²) in [4.78, 5) is 2.52. The minimum absolute atomic E-state index is 0.199. The molecule has 2 aliphatic heterocycles. The highest BCUT2D eigenvalue weighted by Gasteiger charge is 2.47. The maximum atomic E-state index is 9.66. The zero-order chi connectivity index (χ0) is 11.7. The minimum Gasteiger partial charge on any atom is -0.303 e. The molecule has 0 amide bonds. The van der Waals surface area contributed by atoms with Gasteiger partial charge in [0.15, 0.2) is 0 Å². The lowest BCUT2D eigenvalue weighted by Gasteiger charge is -2.41. The second-order valence-corrected chi connectivity index (χ2v) is 6.10. The first-order valence-corrected chi connectivity index (χ1v) is 7.24. The van der Waals surface area contributed by atoms with Gasteiger partial charge in [-0.2, -0.15) is 5.26 Å². The smallest absolute Gasteiger partial charge is 0.112 e. The van der Waals surface area contributed by atoms with Crippen molar-refractivity contribution < 1.29 is 0 Å². The van der Waals surface area contributed by atoms with Gasteiger partial charge in [-0.25, -0.2) is 0 Å². The predicted molar refractivity (Wildman–Crippen MR) is 67.5 cm³/mol. The number of hydrogen-bond donors (Lipinski definition) is 1. The van der Waals surface area contributed by atoms with Gasteiger partial charge in [0.25, 0.3) is 0 Å². The highest BCUT2D eigenvalue weighted by molar-refractivity contribution is 5.16. The van der Waals surface area contributed by atoms with Crippen LogP contribution in [-0.2, 0) is 0 Å². The Morgan fingerprint density at radius 3 is 2.71 bits per heavy atom. The summed E-state index contributed by atoms with van der Waals surface area (Å²) in [6, 6.07) is 3.26. The fourth-order valence-corrected chi connectivity index (χ4v) is 3.96. The van der Waals surface area contributed by atoms with Crippen LogP contribution in [0, 0.1) is 17.2 Å². The molecule has 0 aromatic heterocycles. The average Bonchev–Trinajstić information content (AvgIpc) is 2.79. The quantitative estimate of drug-likeness (QED) is 0.791. The average molecular weight is 233 g/mol. The summed E-state index contributed by atoms with van der Waals surface area (Å²) in [5.41, 5.74) is -0.199. The van der Waals surface area contributed by atoms with Crippen molar-refractivity contribution in [3.05, 3.63) is 0 Å². The van der Waals surface area contributed by atoms with Gasteiger partial charge in [-0.05, 0) is 32.2 Å². The molecular formula is C14H23N3. The summed E-state index contributed by atoms with van der Waals surface area (Å²) in [6.07, 6.45) is 8.87. The van der Waals surface area contributed by atoms with Crippen LogP contribution in [0.5, 0.6) is 0 Å². The molecule has 3 aliphatic rings. The number of nitrogens with zero attached hydrogens (tertiary/aromatic N) is 2. The van der Waals surface area contributed by atoms with E-state index in [9.17, 15) is 5.26 Å². The van der Waals surface area contributed by atoms with Gasteiger partial charge in [-0.15, -0.1) is 0 Å². The van der Waals surface area contributed by atoms with Crippen molar-refractivity contribution in [1.82, 2.24) is 10.2 Å². The van der Waals surface area contributed by atoms with Crippen molar-refractivity contribution >= 4 is 0 Å². The molecule has 2 bridgehead atoms. The summed E-state index contributed by atoms with van der Waals surface area (Å²) in [6.45, 7) is 3.47. The van der Waals surface area contributed by atoms with Crippen LogP contribution in [-0.4, -0.2) is 36.1 Å². The molecule has 1 saturated carbocycles. The third-order valence-electron chi connectivity index (χ3n) is 5.06. The molecule has 2 heterocycles. The van der Waals surface area contributed by atoms with Crippen LogP contribution in [0.4, 0.5) is 0 Å². The number of hydrogen-bond acceptors (Lipinski definition) is 3. The topological polar surface area (TPSA) is 39.1 Å². The summed E-state index contributed by atoms with van der Waals surface area (Å²) in [5.74, 6) is 0.572. The van der Waals surface area contributed by atoms with Gasteiger partial charge in [0.2, 0.25) is 0 Å². The van der Waals surface area contributed by atoms with E-state index >= 15 is 0 Å². The van der Waals surface area contributed by atoms with Crippen molar-refractivity contribution in [2.24, 2.45) is 5.92 Å². The normalized spacial score (nSPS) is 42.3. The molecule has 0 spiro atoms. The molecule has 3 unspecified atom stereocenters. The van der Waals surface area contributed by atoms with Crippen molar-refractivity contribution in [1.29, 1.82) is 5.26 Å². The van der Waals surface area contributed by atoms with Crippen molar-refractivity contribution in [2.75, 3.05) is 19.6 Å². The summed E-state index contributed by atoms with van der Waals surface area (Å²) >= 11 is 0. The van der Waals surface area contributed by atoms with Gasteiger partial charge in [0, 0.05) is 25.0 Å². The van der Waals surface area contributed by atoms with Crippen LogP contribution in [0.1, 0.15) is 44.9 Å². The Labute approximate surface area is 104 Å². The molecule has 17 heavy (non-hydrogen) atoms. The fourth-order valence-electron chi connectivity index (χ4n) is 3.96. The molecular weight excluding hydrogens is 210 g/mol. The Kier molecular flexibility index (Phi) is 3.10. The van der Waals surface area contributed by atoms with E-state index in [1.165, 1.54) is 45.1 Å². The lowest BCUT2D eigenvalue weighted by atomic mass is 9.78. The van der Waals surface area contributed by atoms with Crippen LogP contribution < -0.4 is 5.32 Å². The number of fused-ring (bicyclic) bond motifs is 2. The SMILES string of the molecule is N#CC1(NC2CCCCC2)CCN2CCC1C2. The van der Waals surface area contributed by atoms with Gasteiger partial charge < -0.3 is 4.90 Å². The van der Waals surface area contributed by atoms with Crippen LogP contribution in [0.3, 0.4) is 0 Å². The molecule has 3 nitrogen and oxygen atoms in total. The molecule has 0 aromatic carbocycles. The van der Waals surface area contributed by atoms with Crippen molar-refractivity contribution in [3.8, 4) is 6.07 Å². The van der Waals surface area contributed by atoms with E-state index in [1.54, 1.807) is 0 Å². The largest absolute Gasteiger partial charge is 0.303 e. The molecule has 3 heteroatoms. The van der Waals surface area contributed by atoms with Crippen LogP contribution in [0.2, 0.25) is 0 Å². The number of rotatable bonds is 2. The standard InChI is InChI=1S/C14H23N3/c15-11-14(16-13-4-2-1-3-5-13)7-9-17-8-6-12(14)10-17/h12-13,16H,1-10H2. The molecule has 2 saturated heterocycles. The van der Waals surface area contributed by atoms with E-state index in [0.717, 1.165) is 19.5 Å². The first-order valence-electron chi connectivity index (χ1n) is 7.24. The second-order valence-electron chi connectivity index (χ2n) is 6.10. The molecule has 94 valence electrons. The van der Waals surface area contributed by atoms with Crippen LogP contribution in [0.25, 0.3) is 0 Å². The first kappa shape index (κ1) is 11.5. The Morgan fingerprint density at radius 2 is 1.94 bits per heavy atom. The molecule has 3 rings (SSSR count). The fraction of sp³-hybridized carbons (Fsp3) is 0.929. The predicted octanol–water partition coefficient (Wildman–Crippen LogP) is 1.90. The molecule has 3 atom stereocenters. The molecule has 0 aromatic rings. The number of nitriles is 1. The van der Waals surface area contributed by atoms with Gasteiger partial charge in [-0.3, -0.25) is 5.32 Å². The van der Waals surface area contributed by atoms with E-state index in [1.807, 2.05) is 0 Å². The van der Waals surface area contributed by atoms with Gasteiger partial charge in [0.05, 0.1) is 6.07 Å². The Hall–Kier alpha value is -0.590. The van der Waals surface area contributed by atoms with E-state index in [0.29, 0.717) is 12.0 Å². The van der Waals surface area contributed by atoms with Gasteiger partial charge in [0.1, 0.15) is 5.54 Å². The van der Waals surface area contributed by atoms with Gasteiger partial charge in [-0.1, -0.05) is 19.3 Å². The lowest BCUT2D eigenvalue weighted by Crippen LogP contribution is -2.58. The third-order valence-corrected chi connectivity index (χ3v) is 5.06. The maximum Gasteiger partial charge on any atom is 0.112 e. The highest BCUT2D eigenvalue weighted by atomic mass is 15.2. The number of nitrogens with one attached hydrogen (secondary N) is 1. The molecule has 3 fully saturated rings. The van der Waals surface area contributed by atoms with Gasteiger partial charge >= 0.3 is 0 Å². The highest BCUT2D eigenvalue weighted by Crippen LogP contribution is 2.36. The maximum absolute atomic E-state index is 9.66. The Morgan fingerprint density at radius 1 is 1.12 bits per heavy atom. The number of piperidine rings is 1. The zero-order valence-corrected chi connectivity index (χ0v) is 10.6. The Bertz CT molecular complexity index is 316. The monoisotopic (exact) mass is 233 g/mol. The summed E-state index contributed by atoms with van der Waals surface area (Å²) in [5, 5.41) is 13.4. The molecule has 1 aliphatic carbocycles. The van der Waals surface area contributed by atoms with Crippen molar-refractivity contribution in [3.63, 3.8) is 0 Å². The van der Waals surface area contributed by atoms with E-state index in [-0.39, 0.29) is 5.54 Å². The summed E-state index contributed by atoms with van der Waals surface area (Å²) < 4.78 is 0. The van der Waals surface area contributed by atoms with E-state index in [2.05, 4.69) is 16.3 Å². The molecule has 0 radical (unpaired) electrons. The van der Waals surface area contributed by atoms with Crippen molar-refractivity contribution in [2.45, 2.75) is 56.5 Å². The summed E-state index contributed by atoms with van der Waals surface area (Å²) in [7, 11) is 0.